The van der Waals surface area contributed by atoms with Gasteiger partial charge in [0.05, 0.1) is 4.47 Å². The van der Waals surface area contributed by atoms with Crippen molar-refractivity contribution in [3.8, 4) is 0 Å². The van der Waals surface area contributed by atoms with E-state index in [9.17, 15) is 4.39 Å². The first kappa shape index (κ1) is 16.8. The number of halogens is 4. The minimum absolute atomic E-state index is 0.267. The molecule has 0 spiro atoms. The Morgan fingerprint density at radius 1 is 1.10 bits per heavy atom. The first-order valence-corrected chi connectivity index (χ1v) is 8.50. The molecule has 2 aromatic rings. The first-order valence-electron chi connectivity index (χ1n) is 6.64. The molecular weight excluding hydrogens is 374 g/mol. The fraction of sp³-hybridized carbons (Fsp3) is 0.294. The van der Waals surface area contributed by atoms with Gasteiger partial charge in [0.1, 0.15) is 5.82 Å². The summed E-state index contributed by atoms with van der Waals surface area (Å²) in [6, 6.07) is 13.3. The van der Waals surface area contributed by atoms with Crippen LogP contribution in [0.3, 0.4) is 0 Å². The molecule has 0 N–H and O–H groups in total. The van der Waals surface area contributed by atoms with Crippen LogP contribution in [0.25, 0.3) is 0 Å². The third-order valence-electron chi connectivity index (χ3n) is 3.67. The summed E-state index contributed by atoms with van der Waals surface area (Å²) in [5, 5.41) is 0. The molecule has 0 bridgehead atoms. The highest BCUT2D eigenvalue weighted by molar-refractivity contribution is 9.10. The largest absolute Gasteiger partial charge is 0.206 e. The van der Waals surface area contributed by atoms with E-state index in [1.54, 1.807) is 12.1 Å². The number of alkyl halides is 2. The van der Waals surface area contributed by atoms with E-state index in [-0.39, 0.29) is 11.2 Å². The van der Waals surface area contributed by atoms with Crippen LogP contribution in [0.1, 0.15) is 16.7 Å². The zero-order valence-corrected chi connectivity index (χ0v) is 14.8. The molecular formula is C17H16BrCl2F. The lowest BCUT2D eigenvalue weighted by atomic mass is 9.78. The van der Waals surface area contributed by atoms with Crippen LogP contribution >= 0.6 is 39.1 Å². The second-order valence-electron chi connectivity index (χ2n) is 5.34. The molecule has 2 aromatic carbocycles. The zero-order chi connectivity index (χ0) is 15.5. The Kier molecular flexibility index (Phi) is 5.70. The van der Waals surface area contributed by atoms with Gasteiger partial charge in [-0.15, -0.1) is 23.2 Å². The maximum Gasteiger partial charge on any atom is 0.137 e. The summed E-state index contributed by atoms with van der Waals surface area (Å²) < 4.78 is 13.8. The zero-order valence-electron chi connectivity index (χ0n) is 11.7. The number of hydrogen-bond donors (Lipinski definition) is 0. The molecule has 0 fully saturated rings. The summed E-state index contributed by atoms with van der Waals surface area (Å²) in [5.74, 6) is 0.556. The highest BCUT2D eigenvalue weighted by Crippen LogP contribution is 2.33. The Morgan fingerprint density at radius 3 is 2.38 bits per heavy atom. The number of hydrogen-bond acceptors (Lipinski definition) is 0. The van der Waals surface area contributed by atoms with E-state index in [2.05, 4.69) is 28.1 Å². The third kappa shape index (κ3) is 3.80. The quantitative estimate of drug-likeness (QED) is 0.562. The fourth-order valence-corrected chi connectivity index (χ4v) is 3.61. The standard InChI is InChI=1S/C17H16BrCl2F/c1-12-3-2-4-14(7-12)17(10-19,11-20)9-13-5-6-16(21)15(18)8-13/h2-8H,9-11H2,1H3. The summed E-state index contributed by atoms with van der Waals surface area (Å²) in [4.78, 5) is 0. The van der Waals surface area contributed by atoms with Gasteiger partial charge in [-0.2, -0.15) is 0 Å². The van der Waals surface area contributed by atoms with Crippen LogP contribution in [0, 0.1) is 12.7 Å². The summed E-state index contributed by atoms with van der Waals surface area (Å²) in [7, 11) is 0. The van der Waals surface area contributed by atoms with Crippen LogP contribution in [0.2, 0.25) is 0 Å². The molecule has 21 heavy (non-hydrogen) atoms. The molecule has 0 nitrogen and oxygen atoms in total. The second kappa shape index (κ2) is 7.13. The third-order valence-corrected chi connectivity index (χ3v) is 5.30. The van der Waals surface area contributed by atoms with Crippen molar-refractivity contribution in [2.75, 3.05) is 11.8 Å². The molecule has 0 heterocycles. The number of rotatable bonds is 5. The molecule has 0 unspecified atom stereocenters. The van der Waals surface area contributed by atoms with E-state index < -0.39 is 0 Å². The van der Waals surface area contributed by atoms with Crippen LogP contribution in [0.15, 0.2) is 46.9 Å². The fourth-order valence-electron chi connectivity index (χ4n) is 2.40. The van der Waals surface area contributed by atoms with Crippen molar-refractivity contribution in [2.24, 2.45) is 0 Å². The summed E-state index contributed by atoms with van der Waals surface area (Å²) in [5.41, 5.74) is 2.94. The molecule has 112 valence electrons. The van der Waals surface area contributed by atoms with Crippen LogP contribution in [-0.2, 0) is 11.8 Å². The maximum absolute atomic E-state index is 13.4. The summed E-state index contributed by atoms with van der Waals surface area (Å²) >= 11 is 15.7. The van der Waals surface area contributed by atoms with Crippen molar-refractivity contribution in [2.45, 2.75) is 18.8 Å². The van der Waals surface area contributed by atoms with Crippen molar-refractivity contribution in [1.82, 2.24) is 0 Å². The van der Waals surface area contributed by atoms with Crippen molar-refractivity contribution in [3.63, 3.8) is 0 Å². The predicted molar refractivity (Wildman–Crippen MR) is 92.1 cm³/mol. The van der Waals surface area contributed by atoms with Crippen molar-refractivity contribution >= 4 is 39.1 Å². The number of aryl methyl sites for hydroxylation is 1. The molecule has 2 rings (SSSR count). The Balaban J connectivity index is 2.40. The van der Waals surface area contributed by atoms with Gasteiger partial charge in [0.15, 0.2) is 0 Å². The molecule has 4 heteroatoms. The minimum Gasteiger partial charge on any atom is -0.206 e. The van der Waals surface area contributed by atoms with Crippen LogP contribution in [0.4, 0.5) is 4.39 Å². The first-order chi connectivity index (χ1) is 10.0. The molecule has 0 radical (unpaired) electrons. The van der Waals surface area contributed by atoms with Crippen LogP contribution < -0.4 is 0 Å². The molecule has 0 aliphatic rings. The molecule has 0 aliphatic heterocycles. The number of benzene rings is 2. The van der Waals surface area contributed by atoms with Crippen LogP contribution in [0.5, 0.6) is 0 Å². The van der Waals surface area contributed by atoms with Gasteiger partial charge >= 0.3 is 0 Å². The lowest BCUT2D eigenvalue weighted by Crippen LogP contribution is -2.33. The van der Waals surface area contributed by atoms with E-state index >= 15 is 0 Å². The Bertz CT molecular complexity index is 624. The SMILES string of the molecule is Cc1cccc(C(CCl)(CCl)Cc2ccc(F)c(Br)c2)c1. The molecule has 0 saturated carbocycles. The highest BCUT2D eigenvalue weighted by Gasteiger charge is 2.31. The van der Waals surface area contributed by atoms with Crippen molar-refractivity contribution in [3.05, 3.63) is 69.4 Å². The summed E-state index contributed by atoms with van der Waals surface area (Å²) in [6.45, 7) is 2.05. The van der Waals surface area contributed by atoms with E-state index in [4.69, 9.17) is 23.2 Å². The maximum atomic E-state index is 13.4. The minimum atomic E-state index is -0.355. The van der Waals surface area contributed by atoms with E-state index in [0.717, 1.165) is 11.1 Å². The van der Waals surface area contributed by atoms with Gasteiger partial charge in [-0.1, -0.05) is 35.9 Å². The Hall–Kier alpha value is -0.570. The van der Waals surface area contributed by atoms with Crippen molar-refractivity contribution < 1.29 is 4.39 Å². The topological polar surface area (TPSA) is 0 Å². The average Bonchev–Trinajstić information content (AvgIpc) is 2.48. The molecule has 0 atom stereocenters. The van der Waals surface area contributed by atoms with Gasteiger partial charge in [0.2, 0.25) is 0 Å². The van der Waals surface area contributed by atoms with E-state index in [0.29, 0.717) is 22.7 Å². The van der Waals surface area contributed by atoms with Crippen molar-refractivity contribution in [1.29, 1.82) is 0 Å². The van der Waals surface area contributed by atoms with Gasteiger partial charge in [-0.05, 0) is 52.5 Å². The smallest absolute Gasteiger partial charge is 0.137 e. The van der Waals surface area contributed by atoms with Gasteiger partial charge in [0, 0.05) is 17.2 Å². The predicted octanol–water partition coefficient (Wildman–Crippen LogP) is 5.85. The van der Waals surface area contributed by atoms with Gasteiger partial charge < -0.3 is 0 Å². The van der Waals surface area contributed by atoms with Crippen LogP contribution in [-0.4, -0.2) is 11.8 Å². The molecule has 0 aromatic heterocycles. The lowest BCUT2D eigenvalue weighted by molar-refractivity contribution is 0.534. The lowest BCUT2D eigenvalue weighted by Gasteiger charge is -2.31. The molecule has 0 amide bonds. The highest BCUT2D eigenvalue weighted by atomic mass is 79.9. The van der Waals surface area contributed by atoms with Gasteiger partial charge in [-0.3, -0.25) is 0 Å². The summed E-state index contributed by atoms with van der Waals surface area (Å²) in [6.07, 6.45) is 0.669. The van der Waals surface area contributed by atoms with E-state index in [1.165, 1.54) is 11.6 Å². The average molecular weight is 390 g/mol. The Labute approximate surface area is 143 Å². The van der Waals surface area contributed by atoms with Gasteiger partial charge in [-0.25, -0.2) is 4.39 Å². The monoisotopic (exact) mass is 388 g/mol. The van der Waals surface area contributed by atoms with E-state index in [1.807, 2.05) is 19.1 Å². The van der Waals surface area contributed by atoms with Gasteiger partial charge in [0.25, 0.3) is 0 Å². The molecule has 0 aliphatic carbocycles. The second-order valence-corrected chi connectivity index (χ2v) is 6.73. The Morgan fingerprint density at radius 2 is 1.81 bits per heavy atom. The molecule has 0 saturated heterocycles. The normalized spacial score (nSPS) is 11.7.